The number of carboxylic acids is 2. The molecule has 0 unspecified atom stereocenters. The predicted molar refractivity (Wildman–Crippen MR) is 84.9 cm³/mol. The van der Waals surface area contributed by atoms with Gasteiger partial charge in [-0.2, -0.15) is 0 Å². The monoisotopic (exact) mass is 332 g/mol. The molecule has 0 rings (SSSR count). The summed E-state index contributed by atoms with van der Waals surface area (Å²) >= 11 is 0. The standard InChI is InChI=1S/C6H10O3.2C3H4O2.C3H6O/c1-5(2)6(8)9-4-3-7;2*1-2-3(4)5;1-3(2)4/h7H,1,3-4H2,2H3;2*2H,1H2,(H,4,5);1-2H3. The van der Waals surface area contributed by atoms with Gasteiger partial charge in [0.05, 0.1) is 6.61 Å². The molecule has 0 radical (unpaired) electrons. The van der Waals surface area contributed by atoms with Gasteiger partial charge in [0.1, 0.15) is 12.4 Å². The first-order valence-corrected chi connectivity index (χ1v) is 6.07. The first-order valence-electron chi connectivity index (χ1n) is 6.07. The molecule has 0 aliphatic rings. The van der Waals surface area contributed by atoms with E-state index in [2.05, 4.69) is 24.5 Å². The zero-order valence-corrected chi connectivity index (χ0v) is 13.6. The summed E-state index contributed by atoms with van der Waals surface area (Å²) in [5.74, 6) is -2.25. The van der Waals surface area contributed by atoms with Crippen LogP contribution in [0.1, 0.15) is 20.8 Å². The fraction of sp³-hybridized carbons (Fsp3) is 0.333. The van der Waals surface area contributed by atoms with Gasteiger partial charge in [-0.3, -0.25) is 0 Å². The summed E-state index contributed by atoms with van der Waals surface area (Å²) in [6.45, 7) is 13.8. The molecule has 0 amide bonds. The Balaban J connectivity index is -0.000000112. The summed E-state index contributed by atoms with van der Waals surface area (Å²) in [6, 6.07) is 0. The molecule has 0 atom stereocenters. The number of aliphatic hydroxyl groups excluding tert-OH is 1. The largest absolute Gasteiger partial charge is 0.478 e. The number of hydrogen-bond acceptors (Lipinski definition) is 6. The zero-order chi connectivity index (χ0) is 19.4. The lowest BCUT2D eigenvalue weighted by molar-refractivity contribution is -0.140. The second kappa shape index (κ2) is 21.6. The van der Waals surface area contributed by atoms with Crippen molar-refractivity contribution in [2.75, 3.05) is 13.2 Å². The molecule has 8 nitrogen and oxygen atoms in total. The Morgan fingerprint density at radius 2 is 1.22 bits per heavy atom. The minimum Gasteiger partial charge on any atom is -0.478 e. The van der Waals surface area contributed by atoms with E-state index >= 15 is 0 Å². The number of ketones is 1. The molecule has 0 heterocycles. The van der Waals surface area contributed by atoms with E-state index in [1.165, 1.54) is 13.8 Å². The van der Waals surface area contributed by atoms with Crippen LogP contribution >= 0.6 is 0 Å². The van der Waals surface area contributed by atoms with Crippen LogP contribution in [0.15, 0.2) is 37.5 Å². The van der Waals surface area contributed by atoms with Crippen molar-refractivity contribution in [1.29, 1.82) is 0 Å². The van der Waals surface area contributed by atoms with Crippen LogP contribution in [-0.2, 0) is 23.9 Å². The molecular formula is C15H24O8. The van der Waals surface area contributed by atoms with Crippen molar-refractivity contribution in [3.63, 3.8) is 0 Å². The van der Waals surface area contributed by atoms with Crippen LogP contribution in [0, 0.1) is 0 Å². The molecule has 0 spiro atoms. The summed E-state index contributed by atoms with van der Waals surface area (Å²) in [6.07, 6.45) is 1.67. The van der Waals surface area contributed by atoms with Gasteiger partial charge in [0, 0.05) is 17.7 Å². The number of esters is 1. The second-order valence-electron chi connectivity index (χ2n) is 3.63. The lowest BCUT2D eigenvalue weighted by Crippen LogP contribution is -2.08. The van der Waals surface area contributed by atoms with Crippen molar-refractivity contribution < 1.29 is 39.2 Å². The van der Waals surface area contributed by atoms with Crippen molar-refractivity contribution in [3.05, 3.63) is 37.5 Å². The van der Waals surface area contributed by atoms with E-state index in [4.69, 9.17) is 15.3 Å². The van der Waals surface area contributed by atoms with E-state index < -0.39 is 17.9 Å². The van der Waals surface area contributed by atoms with Gasteiger partial charge in [0.2, 0.25) is 0 Å². The molecule has 0 saturated heterocycles. The van der Waals surface area contributed by atoms with Crippen LogP contribution in [0.5, 0.6) is 0 Å². The van der Waals surface area contributed by atoms with E-state index in [1.54, 1.807) is 6.92 Å². The average molecular weight is 332 g/mol. The number of ether oxygens (including phenoxy) is 1. The molecular weight excluding hydrogens is 308 g/mol. The molecule has 0 aromatic heterocycles. The number of carbonyl (C=O) groups excluding carboxylic acids is 2. The number of carboxylic acid groups (broad SMARTS) is 2. The highest BCUT2D eigenvalue weighted by atomic mass is 16.5. The Labute approximate surface area is 135 Å². The normalized spacial score (nSPS) is 7.30. The lowest BCUT2D eigenvalue weighted by atomic mass is 10.4. The van der Waals surface area contributed by atoms with Crippen LogP contribution in [0.3, 0.4) is 0 Å². The van der Waals surface area contributed by atoms with E-state index in [-0.39, 0.29) is 19.0 Å². The van der Waals surface area contributed by atoms with Gasteiger partial charge >= 0.3 is 17.9 Å². The van der Waals surface area contributed by atoms with E-state index in [1.807, 2.05) is 0 Å². The second-order valence-corrected chi connectivity index (χ2v) is 3.63. The first kappa shape index (κ1) is 28.4. The maximum Gasteiger partial charge on any atom is 0.333 e. The smallest absolute Gasteiger partial charge is 0.333 e. The van der Waals surface area contributed by atoms with Gasteiger partial charge in [-0.15, -0.1) is 0 Å². The SMILES string of the molecule is C=C(C)C(=O)OCCO.C=CC(=O)O.C=CC(=O)O.CC(C)=O. The number of hydrogen-bond donors (Lipinski definition) is 3. The summed E-state index contributed by atoms with van der Waals surface area (Å²) in [5, 5.41) is 23.4. The van der Waals surface area contributed by atoms with Crippen LogP contribution < -0.4 is 0 Å². The topological polar surface area (TPSA) is 138 Å². The Morgan fingerprint density at radius 3 is 1.35 bits per heavy atom. The highest BCUT2D eigenvalue weighted by molar-refractivity contribution is 5.86. The van der Waals surface area contributed by atoms with Crippen molar-refractivity contribution in [3.8, 4) is 0 Å². The van der Waals surface area contributed by atoms with Gasteiger partial charge in [0.15, 0.2) is 0 Å². The number of aliphatic carboxylic acids is 2. The third-order valence-corrected chi connectivity index (χ3v) is 1.02. The number of aliphatic hydroxyl groups is 1. The van der Waals surface area contributed by atoms with Gasteiger partial charge in [0.25, 0.3) is 0 Å². The van der Waals surface area contributed by atoms with Gasteiger partial charge in [-0.05, 0) is 20.8 Å². The molecule has 0 saturated carbocycles. The fourth-order valence-electron chi connectivity index (χ4n) is 0.262. The maximum absolute atomic E-state index is 10.5. The van der Waals surface area contributed by atoms with Crippen molar-refractivity contribution in [2.24, 2.45) is 0 Å². The van der Waals surface area contributed by atoms with Crippen LogP contribution in [0.4, 0.5) is 0 Å². The Morgan fingerprint density at radius 1 is 0.957 bits per heavy atom. The average Bonchev–Trinajstić information content (AvgIpc) is 2.45. The summed E-state index contributed by atoms with van der Waals surface area (Å²) in [4.78, 5) is 38.4. The molecule has 0 bridgehead atoms. The molecule has 8 heteroatoms. The highest BCUT2D eigenvalue weighted by Crippen LogP contribution is 1.89. The zero-order valence-electron chi connectivity index (χ0n) is 13.6. The molecule has 0 aliphatic carbocycles. The molecule has 0 aromatic carbocycles. The molecule has 132 valence electrons. The van der Waals surface area contributed by atoms with Crippen LogP contribution in [0.2, 0.25) is 0 Å². The molecule has 0 aromatic rings. The molecule has 3 N–H and O–H groups in total. The lowest BCUT2D eigenvalue weighted by Gasteiger charge is -1.99. The van der Waals surface area contributed by atoms with Crippen molar-refractivity contribution >= 4 is 23.7 Å². The summed E-state index contributed by atoms with van der Waals surface area (Å²) < 4.78 is 4.46. The van der Waals surface area contributed by atoms with E-state index in [0.717, 1.165) is 12.2 Å². The first-order chi connectivity index (χ1) is 10.5. The minimum atomic E-state index is -0.981. The van der Waals surface area contributed by atoms with Gasteiger partial charge in [-0.25, -0.2) is 14.4 Å². The van der Waals surface area contributed by atoms with E-state index in [0.29, 0.717) is 5.57 Å². The number of rotatable bonds is 5. The Bertz CT molecular complexity index is 388. The van der Waals surface area contributed by atoms with Crippen LogP contribution in [-0.4, -0.2) is 52.2 Å². The third kappa shape index (κ3) is 66.9. The van der Waals surface area contributed by atoms with E-state index in [9.17, 15) is 19.2 Å². The Hall–Kier alpha value is -2.74. The fourth-order valence-corrected chi connectivity index (χ4v) is 0.262. The summed E-state index contributed by atoms with van der Waals surface area (Å²) in [7, 11) is 0. The summed E-state index contributed by atoms with van der Waals surface area (Å²) in [5.41, 5.74) is 0.350. The van der Waals surface area contributed by atoms with Gasteiger partial charge in [-0.1, -0.05) is 19.7 Å². The predicted octanol–water partition coefficient (Wildman–Crippen LogP) is 1.21. The molecule has 23 heavy (non-hydrogen) atoms. The molecule has 0 fully saturated rings. The molecule has 0 aliphatic heterocycles. The number of Topliss-reactive ketones (excluding diaryl/α,β-unsaturated/α-hetero) is 1. The third-order valence-electron chi connectivity index (χ3n) is 1.02. The quantitative estimate of drug-likeness (QED) is 0.504. The minimum absolute atomic E-state index is 0.0473. The number of carbonyl (C=O) groups is 4. The Kier molecular flexibility index (Phi) is 26.6. The van der Waals surface area contributed by atoms with Crippen molar-refractivity contribution in [1.82, 2.24) is 0 Å². The van der Waals surface area contributed by atoms with Gasteiger partial charge < -0.3 is 24.9 Å². The van der Waals surface area contributed by atoms with Crippen LogP contribution in [0.25, 0.3) is 0 Å². The maximum atomic E-state index is 10.5. The highest BCUT2D eigenvalue weighted by Gasteiger charge is 1.99. The van der Waals surface area contributed by atoms with Crippen molar-refractivity contribution in [2.45, 2.75) is 20.8 Å².